The van der Waals surface area contributed by atoms with Crippen LogP contribution in [0.4, 0.5) is 0 Å². The number of aromatic carboxylic acids is 1. The molecular formula is C16H13NO3. The lowest BCUT2D eigenvalue weighted by atomic mass is 10.1. The number of carbonyl (C=O) groups is 1. The number of hydrogen-bond acceptors (Lipinski definition) is 3. The van der Waals surface area contributed by atoms with Crippen LogP contribution >= 0.6 is 0 Å². The molecule has 0 unspecified atom stereocenters. The van der Waals surface area contributed by atoms with Gasteiger partial charge in [0.05, 0.1) is 17.2 Å². The molecule has 0 spiro atoms. The maximum atomic E-state index is 10.9. The average molecular weight is 267 g/mol. The van der Waals surface area contributed by atoms with Gasteiger partial charge in [0.2, 0.25) is 0 Å². The van der Waals surface area contributed by atoms with Gasteiger partial charge < -0.3 is 9.84 Å². The Hall–Kier alpha value is -2.80. The van der Waals surface area contributed by atoms with Crippen LogP contribution in [0.5, 0.6) is 11.5 Å². The molecule has 0 heterocycles. The van der Waals surface area contributed by atoms with Crippen molar-refractivity contribution in [3.8, 4) is 17.6 Å². The number of carboxylic acid groups (broad SMARTS) is 1. The Morgan fingerprint density at radius 2 is 1.90 bits per heavy atom. The number of nitriles is 1. The largest absolute Gasteiger partial charge is 0.478 e. The Morgan fingerprint density at radius 1 is 1.15 bits per heavy atom. The average Bonchev–Trinajstić information content (AvgIpc) is 2.41. The minimum absolute atomic E-state index is 0.228. The van der Waals surface area contributed by atoms with Crippen molar-refractivity contribution in [2.24, 2.45) is 0 Å². The zero-order chi connectivity index (χ0) is 14.7. The van der Waals surface area contributed by atoms with E-state index in [1.165, 1.54) is 6.07 Å². The van der Waals surface area contributed by atoms with E-state index in [1.54, 1.807) is 37.3 Å². The van der Waals surface area contributed by atoms with Crippen LogP contribution in [0, 0.1) is 25.2 Å². The molecule has 0 fully saturated rings. The van der Waals surface area contributed by atoms with Crippen LogP contribution in [0.1, 0.15) is 27.0 Å². The third kappa shape index (κ3) is 2.78. The highest BCUT2D eigenvalue weighted by molar-refractivity contribution is 5.88. The summed E-state index contributed by atoms with van der Waals surface area (Å²) in [6.45, 7) is 3.63. The van der Waals surface area contributed by atoms with Gasteiger partial charge in [-0.3, -0.25) is 0 Å². The SMILES string of the molecule is Cc1cc(Oc2ccc(C(=O)O)cc2C)ccc1C#N. The van der Waals surface area contributed by atoms with Crippen LogP contribution < -0.4 is 4.74 Å². The molecule has 0 aliphatic rings. The molecule has 0 aliphatic heterocycles. The molecule has 4 nitrogen and oxygen atoms in total. The van der Waals surface area contributed by atoms with E-state index in [0.29, 0.717) is 17.1 Å². The Morgan fingerprint density at radius 3 is 2.45 bits per heavy atom. The minimum atomic E-state index is -0.964. The normalized spacial score (nSPS) is 9.85. The van der Waals surface area contributed by atoms with E-state index in [0.717, 1.165) is 11.1 Å². The number of carboxylic acids is 1. The fourth-order valence-corrected chi connectivity index (χ4v) is 1.85. The van der Waals surface area contributed by atoms with Crippen LogP contribution in [0.15, 0.2) is 36.4 Å². The zero-order valence-electron chi connectivity index (χ0n) is 11.2. The molecule has 20 heavy (non-hydrogen) atoms. The van der Waals surface area contributed by atoms with Gasteiger partial charge in [0.1, 0.15) is 11.5 Å². The first-order valence-corrected chi connectivity index (χ1v) is 6.04. The molecule has 2 rings (SSSR count). The monoisotopic (exact) mass is 267 g/mol. The molecule has 2 aromatic rings. The molecule has 0 radical (unpaired) electrons. The van der Waals surface area contributed by atoms with Crippen molar-refractivity contribution in [3.63, 3.8) is 0 Å². The summed E-state index contributed by atoms with van der Waals surface area (Å²) in [4.78, 5) is 10.9. The maximum absolute atomic E-state index is 10.9. The summed E-state index contributed by atoms with van der Waals surface area (Å²) < 4.78 is 5.72. The molecular weight excluding hydrogens is 254 g/mol. The molecule has 0 saturated heterocycles. The Labute approximate surface area is 116 Å². The number of nitrogens with zero attached hydrogens (tertiary/aromatic N) is 1. The Balaban J connectivity index is 2.29. The first-order valence-electron chi connectivity index (χ1n) is 6.04. The van der Waals surface area contributed by atoms with E-state index >= 15 is 0 Å². The third-order valence-electron chi connectivity index (χ3n) is 2.97. The van der Waals surface area contributed by atoms with Crippen molar-refractivity contribution in [1.82, 2.24) is 0 Å². The maximum Gasteiger partial charge on any atom is 0.335 e. The lowest BCUT2D eigenvalue weighted by Gasteiger charge is -2.10. The highest BCUT2D eigenvalue weighted by Gasteiger charge is 2.08. The summed E-state index contributed by atoms with van der Waals surface area (Å²) >= 11 is 0. The van der Waals surface area contributed by atoms with E-state index in [2.05, 4.69) is 6.07 Å². The fourth-order valence-electron chi connectivity index (χ4n) is 1.85. The molecule has 100 valence electrons. The highest BCUT2D eigenvalue weighted by Crippen LogP contribution is 2.27. The van der Waals surface area contributed by atoms with Crippen LogP contribution in [-0.2, 0) is 0 Å². The van der Waals surface area contributed by atoms with Crippen molar-refractivity contribution < 1.29 is 14.6 Å². The van der Waals surface area contributed by atoms with Crippen molar-refractivity contribution >= 4 is 5.97 Å². The summed E-state index contributed by atoms with van der Waals surface area (Å²) in [6.07, 6.45) is 0. The highest BCUT2D eigenvalue weighted by atomic mass is 16.5. The lowest BCUT2D eigenvalue weighted by Crippen LogP contribution is -1.97. The molecule has 0 aliphatic carbocycles. The number of rotatable bonds is 3. The Bertz CT molecular complexity index is 714. The second-order valence-corrected chi connectivity index (χ2v) is 4.48. The summed E-state index contributed by atoms with van der Waals surface area (Å²) in [5.41, 5.74) is 2.41. The van der Waals surface area contributed by atoms with Gasteiger partial charge in [-0.05, 0) is 61.4 Å². The molecule has 0 atom stereocenters. The second-order valence-electron chi connectivity index (χ2n) is 4.48. The number of ether oxygens (including phenoxy) is 1. The summed E-state index contributed by atoms with van der Waals surface area (Å²) in [5.74, 6) is 0.251. The summed E-state index contributed by atoms with van der Waals surface area (Å²) in [5, 5.41) is 17.8. The minimum Gasteiger partial charge on any atom is -0.478 e. The van der Waals surface area contributed by atoms with Gasteiger partial charge in [0.15, 0.2) is 0 Å². The second kappa shape index (κ2) is 5.45. The van der Waals surface area contributed by atoms with E-state index < -0.39 is 5.97 Å². The van der Waals surface area contributed by atoms with Gasteiger partial charge in [0, 0.05) is 0 Å². The van der Waals surface area contributed by atoms with Crippen LogP contribution in [-0.4, -0.2) is 11.1 Å². The van der Waals surface area contributed by atoms with Crippen molar-refractivity contribution in [1.29, 1.82) is 5.26 Å². The van der Waals surface area contributed by atoms with Gasteiger partial charge in [-0.15, -0.1) is 0 Å². The van der Waals surface area contributed by atoms with Crippen LogP contribution in [0.25, 0.3) is 0 Å². The predicted octanol–water partition coefficient (Wildman–Crippen LogP) is 3.67. The number of aryl methyl sites for hydroxylation is 2. The third-order valence-corrected chi connectivity index (χ3v) is 2.97. The molecule has 0 saturated carbocycles. The van der Waals surface area contributed by atoms with E-state index in [1.807, 2.05) is 6.92 Å². The fraction of sp³-hybridized carbons (Fsp3) is 0.125. The van der Waals surface area contributed by atoms with Gasteiger partial charge in [0.25, 0.3) is 0 Å². The first kappa shape index (κ1) is 13.6. The van der Waals surface area contributed by atoms with Gasteiger partial charge in [-0.2, -0.15) is 5.26 Å². The lowest BCUT2D eigenvalue weighted by molar-refractivity contribution is 0.0697. The van der Waals surface area contributed by atoms with Gasteiger partial charge in [-0.25, -0.2) is 4.79 Å². The molecule has 2 aromatic carbocycles. The van der Waals surface area contributed by atoms with Gasteiger partial charge in [-0.1, -0.05) is 0 Å². The number of benzene rings is 2. The molecule has 0 bridgehead atoms. The van der Waals surface area contributed by atoms with E-state index in [-0.39, 0.29) is 5.56 Å². The van der Waals surface area contributed by atoms with E-state index in [9.17, 15) is 4.79 Å². The van der Waals surface area contributed by atoms with E-state index in [4.69, 9.17) is 15.1 Å². The first-order chi connectivity index (χ1) is 9.51. The molecule has 0 amide bonds. The van der Waals surface area contributed by atoms with Crippen molar-refractivity contribution in [2.45, 2.75) is 13.8 Å². The van der Waals surface area contributed by atoms with Crippen molar-refractivity contribution in [3.05, 3.63) is 58.7 Å². The topological polar surface area (TPSA) is 70.3 Å². The quantitative estimate of drug-likeness (QED) is 0.921. The summed E-state index contributed by atoms with van der Waals surface area (Å²) in [6, 6.07) is 12.0. The van der Waals surface area contributed by atoms with Gasteiger partial charge >= 0.3 is 5.97 Å². The predicted molar refractivity (Wildman–Crippen MR) is 74.1 cm³/mol. The zero-order valence-corrected chi connectivity index (χ0v) is 11.2. The Kier molecular flexibility index (Phi) is 3.72. The standard InChI is InChI=1S/C16H13NO3/c1-10-8-14(5-3-13(10)9-17)20-15-6-4-12(16(18)19)7-11(15)2/h3-8H,1-2H3,(H,18,19). The number of hydrogen-bond donors (Lipinski definition) is 1. The molecule has 0 aromatic heterocycles. The van der Waals surface area contributed by atoms with Crippen molar-refractivity contribution in [2.75, 3.05) is 0 Å². The smallest absolute Gasteiger partial charge is 0.335 e. The molecule has 1 N–H and O–H groups in total. The molecule has 4 heteroatoms. The van der Waals surface area contributed by atoms with Crippen LogP contribution in [0.3, 0.4) is 0 Å². The van der Waals surface area contributed by atoms with Crippen LogP contribution in [0.2, 0.25) is 0 Å². The summed E-state index contributed by atoms with van der Waals surface area (Å²) in [7, 11) is 0.